The number of aromatic nitrogens is 3. The Morgan fingerprint density at radius 3 is 2.71 bits per heavy atom. The van der Waals surface area contributed by atoms with Gasteiger partial charge in [-0.1, -0.05) is 19.8 Å². The van der Waals surface area contributed by atoms with Gasteiger partial charge in [-0.2, -0.15) is 0 Å². The first-order chi connectivity index (χ1) is 8.16. The number of nitrogen functional groups attached to an aromatic ring is 1. The Hall–Kier alpha value is -1.58. The van der Waals surface area contributed by atoms with Gasteiger partial charge >= 0.3 is 0 Å². The molecule has 0 radical (unpaired) electrons. The van der Waals surface area contributed by atoms with Gasteiger partial charge in [-0.3, -0.25) is 0 Å². The Kier molecular flexibility index (Phi) is 3.31. The SMILES string of the molecule is CCCCCn1c(C)c(C)c2c(N)ncnc21. The Morgan fingerprint density at radius 1 is 1.24 bits per heavy atom. The van der Waals surface area contributed by atoms with Crippen molar-refractivity contribution in [3.05, 3.63) is 17.6 Å². The van der Waals surface area contributed by atoms with E-state index in [1.165, 1.54) is 30.5 Å². The summed E-state index contributed by atoms with van der Waals surface area (Å²) in [5.41, 5.74) is 9.36. The molecule has 4 heteroatoms. The van der Waals surface area contributed by atoms with Crippen molar-refractivity contribution in [2.75, 3.05) is 5.73 Å². The molecular formula is C13H20N4. The molecule has 17 heavy (non-hydrogen) atoms. The first-order valence-electron chi connectivity index (χ1n) is 6.22. The third-order valence-corrected chi connectivity index (χ3v) is 3.42. The zero-order valence-corrected chi connectivity index (χ0v) is 10.8. The van der Waals surface area contributed by atoms with E-state index in [9.17, 15) is 0 Å². The summed E-state index contributed by atoms with van der Waals surface area (Å²) >= 11 is 0. The number of aryl methyl sites for hydroxylation is 2. The maximum absolute atomic E-state index is 5.93. The normalized spacial score (nSPS) is 11.2. The third kappa shape index (κ3) is 1.99. The second-order valence-corrected chi connectivity index (χ2v) is 4.53. The quantitative estimate of drug-likeness (QED) is 0.825. The van der Waals surface area contributed by atoms with Gasteiger partial charge < -0.3 is 10.3 Å². The van der Waals surface area contributed by atoms with Gasteiger partial charge in [-0.05, 0) is 25.8 Å². The summed E-state index contributed by atoms with van der Waals surface area (Å²) in [7, 11) is 0. The van der Waals surface area contributed by atoms with Gasteiger partial charge in [0.25, 0.3) is 0 Å². The van der Waals surface area contributed by atoms with E-state index >= 15 is 0 Å². The highest BCUT2D eigenvalue weighted by atomic mass is 15.1. The summed E-state index contributed by atoms with van der Waals surface area (Å²) in [4.78, 5) is 8.45. The molecule has 0 aliphatic rings. The second-order valence-electron chi connectivity index (χ2n) is 4.53. The number of unbranched alkanes of at least 4 members (excludes halogenated alkanes) is 2. The zero-order chi connectivity index (χ0) is 12.4. The van der Waals surface area contributed by atoms with Crippen LogP contribution in [0.4, 0.5) is 5.82 Å². The molecule has 4 nitrogen and oxygen atoms in total. The summed E-state index contributed by atoms with van der Waals surface area (Å²) in [5, 5.41) is 1.02. The van der Waals surface area contributed by atoms with Gasteiger partial charge in [-0.25, -0.2) is 9.97 Å². The first kappa shape index (κ1) is 11.9. The summed E-state index contributed by atoms with van der Waals surface area (Å²) in [6.45, 7) is 7.45. The molecule has 0 unspecified atom stereocenters. The van der Waals surface area contributed by atoms with Crippen LogP contribution in [-0.4, -0.2) is 14.5 Å². The van der Waals surface area contributed by atoms with Crippen LogP contribution < -0.4 is 5.73 Å². The minimum atomic E-state index is 0.588. The number of nitrogens with two attached hydrogens (primary N) is 1. The van der Waals surface area contributed by atoms with E-state index in [1.807, 2.05) is 0 Å². The van der Waals surface area contributed by atoms with Gasteiger partial charge in [0, 0.05) is 12.2 Å². The molecule has 0 bridgehead atoms. The molecular weight excluding hydrogens is 212 g/mol. The first-order valence-corrected chi connectivity index (χ1v) is 6.22. The Morgan fingerprint density at radius 2 is 2.00 bits per heavy atom. The molecule has 2 aromatic heterocycles. The molecule has 2 aromatic rings. The Bertz CT molecular complexity index is 528. The summed E-state index contributed by atoms with van der Waals surface area (Å²) in [6.07, 6.45) is 5.21. The monoisotopic (exact) mass is 232 g/mol. The number of hydrogen-bond donors (Lipinski definition) is 1. The number of rotatable bonds is 4. The fraction of sp³-hybridized carbons (Fsp3) is 0.538. The highest BCUT2D eigenvalue weighted by molar-refractivity contribution is 5.90. The van der Waals surface area contributed by atoms with E-state index in [2.05, 4.69) is 35.3 Å². The fourth-order valence-corrected chi connectivity index (χ4v) is 2.29. The maximum atomic E-state index is 5.93. The highest BCUT2D eigenvalue weighted by Gasteiger charge is 2.14. The molecule has 92 valence electrons. The molecule has 0 saturated carbocycles. The number of anilines is 1. The third-order valence-electron chi connectivity index (χ3n) is 3.42. The molecule has 2 rings (SSSR count). The fourth-order valence-electron chi connectivity index (χ4n) is 2.29. The molecule has 0 aromatic carbocycles. The number of hydrogen-bond acceptors (Lipinski definition) is 3. The lowest BCUT2D eigenvalue weighted by atomic mass is 10.2. The molecule has 0 aliphatic heterocycles. The lowest BCUT2D eigenvalue weighted by Crippen LogP contribution is -2.02. The van der Waals surface area contributed by atoms with Crippen molar-refractivity contribution in [3.8, 4) is 0 Å². The topological polar surface area (TPSA) is 56.7 Å². The smallest absolute Gasteiger partial charge is 0.145 e. The summed E-state index contributed by atoms with van der Waals surface area (Å²) in [5.74, 6) is 0.588. The molecule has 0 saturated heterocycles. The van der Waals surface area contributed by atoms with Crippen molar-refractivity contribution < 1.29 is 0 Å². The molecule has 0 atom stereocenters. The summed E-state index contributed by atoms with van der Waals surface area (Å²) in [6, 6.07) is 0. The molecule has 0 aliphatic carbocycles. The average Bonchev–Trinajstić information content (AvgIpc) is 2.55. The van der Waals surface area contributed by atoms with E-state index in [4.69, 9.17) is 5.73 Å². The van der Waals surface area contributed by atoms with Crippen LogP contribution in [0.15, 0.2) is 6.33 Å². The summed E-state index contributed by atoms with van der Waals surface area (Å²) < 4.78 is 2.26. The van der Waals surface area contributed by atoms with E-state index in [-0.39, 0.29) is 0 Å². The van der Waals surface area contributed by atoms with Crippen LogP contribution in [0.25, 0.3) is 11.0 Å². The standard InChI is InChI=1S/C13H20N4/c1-4-5-6-7-17-10(3)9(2)11-12(14)15-8-16-13(11)17/h8H,4-7H2,1-3H3,(H2,14,15,16). The van der Waals surface area contributed by atoms with Gasteiger partial charge in [0.05, 0.1) is 5.39 Å². The predicted molar refractivity (Wildman–Crippen MR) is 70.9 cm³/mol. The molecule has 2 heterocycles. The minimum absolute atomic E-state index is 0.588. The van der Waals surface area contributed by atoms with Crippen molar-refractivity contribution in [3.63, 3.8) is 0 Å². The molecule has 2 N–H and O–H groups in total. The van der Waals surface area contributed by atoms with Crippen LogP contribution in [0.2, 0.25) is 0 Å². The molecule has 0 spiro atoms. The maximum Gasteiger partial charge on any atom is 0.145 e. The van der Waals surface area contributed by atoms with Crippen molar-refractivity contribution >= 4 is 16.9 Å². The second kappa shape index (κ2) is 4.73. The van der Waals surface area contributed by atoms with E-state index in [0.717, 1.165) is 17.6 Å². The Balaban J connectivity index is 2.48. The van der Waals surface area contributed by atoms with Crippen LogP contribution in [0.1, 0.15) is 37.4 Å². The van der Waals surface area contributed by atoms with E-state index < -0.39 is 0 Å². The van der Waals surface area contributed by atoms with E-state index in [0.29, 0.717) is 5.82 Å². The highest BCUT2D eigenvalue weighted by Crippen LogP contribution is 2.27. The largest absolute Gasteiger partial charge is 0.383 e. The Labute approximate surface area is 102 Å². The van der Waals surface area contributed by atoms with Crippen LogP contribution in [-0.2, 0) is 6.54 Å². The number of fused-ring (bicyclic) bond motifs is 1. The van der Waals surface area contributed by atoms with Crippen LogP contribution in [0.5, 0.6) is 0 Å². The van der Waals surface area contributed by atoms with Gasteiger partial charge in [0.15, 0.2) is 0 Å². The lowest BCUT2D eigenvalue weighted by Gasteiger charge is -2.06. The van der Waals surface area contributed by atoms with Gasteiger partial charge in [-0.15, -0.1) is 0 Å². The lowest BCUT2D eigenvalue weighted by molar-refractivity contribution is 0.603. The predicted octanol–water partition coefficient (Wildman–Crippen LogP) is 2.82. The van der Waals surface area contributed by atoms with Gasteiger partial charge in [0.1, 0.15) is 17.8 Å². The minimum Gasteiger partial charge on any atom is -0.383 e. The van der Waals surface area contributed by atoms with Crippen molar-refractivity contribution in [2.24, 2.45) is 0 Å². The molecule has 0 fully saturated rings. The zero-order valence-electron chi connectivity index (χ0n) is 10.8. The van der Waals surface area contributed by atoms with Crippen molar-refractivity contribution in [1.82, 2.24) is 14.5 Å². The number of nitrogens with zero attached hydrogens (tertiary/aromatic N) is 3. The average molecular weight is 232 g/mol. The van der Waals surface area contributed by atoms with Crippen LogP contribution in [0, 0.1) is 13.8 Å². The van der Waals surface area contributed by atoms with E-state index in [1.54, 1.807) is 6.33 Å². The van der Waals surface area contributed by atoms with Crippen molar-refractivity contribution in [1.29, 1.82) is 0 Å². The molecule has 0 amide bonds. The van der Waals surface area contributed by atoms with Crippen LogP contribution >= 0.6 is 0 Å². The van der Waals surface area contributed by atoms with Crippen molar-refractivity contribution in [2.45, 2.75) is 46.6 Å². The van der Waals surface area contributed by atoms with Crippen LogP contribution in [0.3, 0.4) is 0 Å². The van der Waals surface area contributed by atoms with Gasteiger partial charge in [0.2, 0.25) is 0 Å².